The Labute approximate surface area is 141 Å². The molecule has 1 aliphatic heterocycles. The number of rotatable bonds is 4. The molecule has 3 aliphatic rings. The molecule has 1 spiro atoms. The number of imidazole rings is 1. The van der Waals surface area contributed by atoms with Crippen LogP contribution >= 0.6 is 0 Å². The highest BCUT2D eigenvalue weighted by molar-refractivity contribution is 6.03. The van der Waals surface area contributed by atoms with Crippen molar-refractivity contribution in [2.24, 2.45) is 10.8 Å². The summed E-state index contributed by atoms with van der Waals surface area (Å²) in [5.41, 5.74) is -0.106. The van der Waals surface area contributed by atoms with Crippen molar-refractivity contribution in [3.05, 3.63) is 17.7 Å². The predicted molar refractivity (Wildman–Crippen MR) is 87.3 cm³/mol. The van der Waals surface area contributed by atoms with Crippen LogP contribution in [0.1, 0.15) is 69.4 Å². The van der Waals surface area contributed by atoms with Crippen molar-refractivity contribution in [2.45, 2.75) is 70.9 Å². The van der Waals surface area contributed by atoms with Crippen molar-refractivity contribution >= 4 is 11.9 Å². The molecule has 2 fully saturated rings. The molecule has 1 aromatic heterocycles. The summed E-state index contributed by atoms with van der Waals surface area (Å²) >= 11 is 0. The maximum absolute atomic E-state index is 12.8. The van der Waals surface area contributed by atoms with Crippen molar-refractivity contribution < 1.29 is 14.7 Å². The average molecular weight is 331 g/mol. The highest BCUT2D eigenvalue weighted by atomic mass is 16.4. The SMILES string of the molecule is CC(NC(=O)C1(C(=O)O)CC2(CCC2)C1)c1cnc2n1CCCC2. The summed E-state index contributed by atoms with van der Waals surface area (Å²) in [6.07, 6.45) is 9.38. The van der Waals surface area contributed by atoms with Crippen molar-refractivity contribution in [3.63, 3.8) is 0 Å². The van der Waals surface area contributed by atoms with Crippen LogP contribution in [0, 0.1) is 10.8 Å². The minimum atomic E-state index is -1.22. The second-order valence-corrected chi connectivity index (χ2v) is 8.00. The molecule has 1 unspecified atom stereocenters. The van der Waals surface area contributed by atoms with Gasteiger partial charge in [-0.1, -0.05) is 6.42 Å². The van der Waals surface area contributed by atoms with Gasteiger partial charge in [0.2, 0.25) is 5.91 Å². The van der Waals surface area contributed by atoms with Crippen LogP contribution in [0.5, 0.6) is 0 Å². The van der Waals surface area contributed by atoms with Gasteiger partial charge in [-0.15, -0.1) is 0 Å². The molecule has 6 heteroatoms. The number of carbonyl (C=O) groups excluding carboxylic acids is 1. The first-order valence-electron chi connectivity index (χ1n) is 9.05. The fraction of sp³-hybridized carbons (Fsp3) is 0.722. The lowest BCUT2D eigenvalue weighted by atomic mass is 9.45. The van der Waals surface area contributed by atoms with E-state index in [1.165, 1.54) is 0 Å². The van der Waals surface area contributed by atoms with Crippen LogP contribution in [0.4, 0.5) is 0 Å². The number of aliphatic carboxylic acids is 1. The van der Waals surface area contributed by atoms with Crippen molar-refractivity contribution in [3.8, 4) is 0 Å². The molecule has 2 heterocycles. The lowest BCUT2D eigenvalue weighted by Gasteiger charge is -2.58. The van der Waals surface area contributed by atoms with Crippen molar-refractivity contribution in [1.29, 1.82) is 0 Å². The van der Waals surface area contributed by atoms with Gasteiger partial charge in [-0.2, -0.15) is 0 Å². The van der Waals surface area contributed by atoms with E-state index < -0.39 is 11.4 Å². The summed E-state index contributed by atoms with van der Waals surface area (Å²) in [7, 11) is 0. The number of aromatic nitrogens is 2. The molecule has 4 rings (SSSR count). The molecule has 0 bridgehead atoms. The summed E-state index contributed by atoms with van der Waals surface area (Å²) in [5.74, 6) is -0.228. The van der Waals surface area contributed by atoms with Crippen LogP contribution in [-0.2, 0) is 22.6 Å². The minimum absolute atomic E-state index is 0.134. The standard InChI is InChI=1S/C18H25N3O3/c1-12(13-9-19-14-5-2-3-8-21(13)14)20-15(22)18(16(23)24)10-17(11-18)6-4-7-17/h9,12H,2-8,10-11H2,1H3,(H,20,22)(H,23,24). The van der Waals surface area contributed by atoms with Crippen LogP contribution < -0.4 is 5.32 Å². The van der Waals surface area contributed by atoms with Gasteiger partial charge in [0.05, 0.1) is 17.9 Å². The summed E-state index contributed by atoms with van der Waals surface area (Å²) < 4.78 is 2.18. The molecule has 1 atom stereocenters. The highest BCUT2D eigenvalue weighted by Gasteiger charge is 2.65. The van der Waals surface area contributed by atoms with Gasteiger partial charge in [-0.05, 0) is 50.9 Å². The molecule has 2 aliphatic carbocycles. The van der Waals surface area contributed by atoms with E-state index in [-0.39, 0.29) is 17.4 Å². The molecule has 2 N–H and O–H groups in total. The summed E-state index contributed by atoms with van der Waals surface area (Å²) in [6, 6.07) is -0.217. The van der Waals surface area contributed by atoms with Crippen LogP contribution in [0.2, 0.25) is 0 Å². The number of fused-ring (bicyclic) bond motifs is 1. The molecule has 2 saturated carbocycles. The Kier molecular flexibility index (Phi) is 3.48. The highest BCUT2D eigenvalue weighted by Crippen LogP contribution is 2.64. The molecule has 130 valence electrons. The molecular weight excluding hydrogens is 306 g/mol. The number of aryl methyl sites for hydroxylation is 1. The Hall–Kier alpha value is -1.85. The minimum Gasteiger partial charge on any atom is -0.480 e. The van der Waals surface area contributed by atoms with Crippen LogP contribution in [0.3, 0.4) is 0 Å². The number of nitrogens with one attached hydrogen (secondary N) is 1. The molecule has 0 saturated heterocycles. The number of carboxylic acid groups (broad SMARTS) is 1. The maximum Gasteiger partial charge on any atom is 0.319 e. The Balaban J connectivity index is 1.49. The maximum atomic E-state index is 12.8. The van der Waals surface area contributed by atoms with E-state index in [9.17, 15) is 14.7 Å². The van der Waals surface area contributed by atoms with E-state index >= 15 is 0 Å². The van der Waals surface area contributed by atoms with E-state index in [4.69, 9.17) is 0 Å². The molecule has 24 heavy (non-hydrogen) atoms. The van der Waals surface area contributed by atoms with E-state index in [1.807, 2.05) is 13.1 Å². The predicted octanol–water partition coefficient (Wildman–Crippen LogP) is 2.43. The number of hydrogen-bond donors (Lipinski definition) is 2. The topological polar surface area (TPSA) is 84.2 Å². The second-order valence-electron chi connectivity index (χ2n) is 8.00. The lowest BCUT2D eigenvalue weighted by Crippen LogP contribution is -2.61. The Morgan fingerprint density at radius 1 is 1.29 bits per heavy atom. The summed E-state index contributed by atoms with van der Waals surface area (Å²) in [4.78, 5) is 29.0. The molecule has 1 aromatic rings. The third-order valence-electron chi connectivity index (χ3n) is 6.40. The van der Waals surface area contributed by atoms with Crippen LogP contribution in [-0.4, -0.2) is 26.5 Å². The largest absolute Gasteiger partial charge is 0.480 e. The normalized spacial score (nSPS) is 24.4. The third kappa shape index (κ3) is 2.19. The van der Waals surface area contributed by atoms with E-state index in [0.29, 0.717) is 12.8 Å². The fourth-order valence-electron chi connectivity index (χ4n) is 4.86. The van der Waals surface area contributed by atoms with Gasteiger partial charge in [-0.25, -0.2) is 4.98 Å². The number of carbonyl (C=O) groups is 2. The fourth-order valence-corrected chi connectivity index (χ4v) is 4.86. The molecule has 6 nitrogen and oxygen atoms in total. The van der Waals surface area contributed by atoms with Gasteiger partial charge in [0.15, 0.2) is 0 Å². The van der Waals surface area contributed by atoms with Gasteiger partial charge in [0.25, 0.3) is 0 Å². The summed E-state index contributed by atoms with van der Waals surface area (Å²) in [6.45, 7) is 2.85. The number of nitrogens with zero attached hydrogens (tertiary/aromatic N) is 2. The third-order valence-corrected chi connectivity index (χ3v) is 6.40. The Morgan fingerprint density at radius 3 is 2.67 bits per heavy atom. The smallest absolute Gasteiger partial charge is 0.319 e. The van der Waals surface area contributed by atoms with E-state index in [0.717, 1.165) is 56.6 Å². The van der Waals surface area contributed by atoms with Gasteiger partial charge in [0.1, 0.15) is 11.2 Å². The van der Waals surface area contributed by atoms with Gasteiger partial charge in [-0.3, -0.25) is 9.59 Å². The number of hydrogen-bond acceptors (Lipinski definition) is 3. The zero-order chi connectivity index (χ0) is 16.9. The molecular formula is C18H25N3O3. The molecule has 0 radical (unpaired) electrons. The van der Waals surface area contributed by atoms with Crippen molar-refractivity contribution in [2.75, 3.05) is 0 Å². The lowest BCUT2D eigenvalue weighted by molar-refractivity contribution is -0.181. The van der Waals surface area contributed by atoms with E-state index in [1.54, 1.807) is 0 Å². The Bertz CT molecular complexity index is 682. The first-order valence-corrected chi connectivity index (χ1v) is 9.05. The van der Waals surface area contributed by atoms with Crippen LogP contribution in [0.15, 0.2) is 6.20 Å². The summed E-state index contributed by atoms with van der Waals surface area (Å²) in [5, 5.41) is 12.6. The first kappa shape index (κ1) is 15.7. The van der Waals surface area contributed by atoms with Crippen molar-refractivity contribution in [1.82, 2.24) is 14.9 Å². The zero-order valence-electron chi connectivity index (χ0n) is 14.2. The number of carboxylic acids is 1. The van der Waals surface area contributed by atoms with Crippen LogP contribution in [0.25, 0.3) is 0 Å². The second kappa shape index (κ2) is 5.33. The Morgan fingerprint density at radius 2 is 2.04 bits per heavy atom. The van der Waals surface area contributed by atoms with Gasteiger partial charge in [0, 0.05) is 13.0 Å². The zero-order valence-corrected chi connectivity index (χ0v) is 14.2. The van der Waals surface area contributed by atoms with Gasteiger partial charge >= 0.3 is 5.97 Å². The molecule has 1 amide bonds. The monoisotopic (exact) mass is 331 g/mol. The molecule has 0 aromatic carbocycles. The average Bonchev–Trinajstić information content (AvgIpc) is 2.88. The first-order chi connectivity index (χ1) is 11.5. The number of amides is 1. The van der Waals surface area contributed by atoms with Gasteiger partial charge < -0.3 is 15.0 Å². The van der Waals surface area contributed by atoms with E-state index in [2.05, 4.69) is 14.9 Å². The quantitative estimate of drug-likeness (QED) is 0.830.